The normalized spacial score (nSPS) is 19.7. The van der Waals surface area contributed by atoms with Crippen LogP contribution in [-0.2, 0) is 4.79 Å². The van der Waals surface area contributed by atoms with Gasteiger partial charge in [0.05, 0.1) is 16.0 Å². The molecule has 0 fully saturated rings. The number of nitrogens with two attached hydrogens (primary N) is 1. The van der Waals surface area contributed by atoms with E-state index in [1.54, 1.807) is 23.1 Å². The molecule has 2 atom stereocenters. The van der Waals surface area contributed by atoms with Crippen LogP contribution < -0.4 is 10.6 Å². The van der Waals surface area contributed by atoms with Crippen molar-refractivity contribution in [2.45, 2.75) is 25.3 Å². The number of nitrogens with zero attached hydrogens (tertiary/aromatic N) is 1. The molecule has 0 bridgehead atoms. The van der Waals surface area contributed by atoms with Gasteiger partial charge in [0, 0.05) is 17.3 Å². The fourth-order valence-electron chi connectivity index (χ4n) is 3.16. The van der Waals surface area contributed by atoms with E-state index in [0.29, 0.717) is 27.7 Å². The Morgan fingerprint density at radius 1 is 1.12 bits per heavy atom. The second kappa shape index (κ2) is 6.46. The molecule has 4 nitrogen and oxygen atoms in total. The van der Waals surface area contributed by atoms with Gasteiger partial charge in [0.2, 0.25) is 5.91 Å². The zero-order valence-electron chi connectivity index (χ0n) is 13.0. The summed E-state index contributed by atoms with van der Waals surface area (Å²) in [4.78, 5) is 26.5. The van der Waals surface area contributed by atoms with Crippen LogP contribution >= 0.6 is 23.2 Å². The van der Waals surface area contributed by atoms with Gasteiger partial charge in [0.25, 0.3) is 5.91 Å². The quantitative estimate of drug-likeness (QED) is 0.877. The highest BCUT2D eigenvalue weighted by molar-refractivity contribution is 6.42. The highest BCUT2D eigenvalue weighted by Crippen LogP contribution is 2.39. The minimum atomic E-state index is -0.394. The van der Waals surface area contributed by atoms with Crippen LogP contribution in [0.5, 0.6) is 0 Å². The summed E-state index contributed by atoms with van der Waals surface area (Å²) in [6.07, 6.45) is 0.486. The summed E-state index contributed by atoms with van der Waals surface area (Å²) in [7, 11) is 0. The Balaban J connectivity index is 2.06. The molecule has 124 valence electrons. The van der Waals surface area contributed by atoms with Gasteiger partial charge in [0.15, 0.2) is 0 Å². The number of primary amides is 1. The molecule has 0 aromatic heterocycles. The standard InChI is InChI=1S/C18H16Cl2N2O2/c1-10-8-13(17(21)23)12-4-2-3-5-16(12)22(10)18(24)11-6-7-14(19)15(20)9-11/h2-7,9-10,13H,8H2,1H3,(H2,21,23)/t10-,13+/m0/s1. The minimum absolute atomic E-state index is 0.167. The highest BCUT2D eigenvalue weighted by Gasteiger charge is 2.36. The number of fused-ring (bicyclic) bond motifs is 1. The van der Waals surface area contributed by atoms with Gasteiger partial charge in [0.1, 0.15) is 0 Å². The zero-order valence-corrected chi connectivity index (χ0v) is 14.5. The first-order valence-electron chi connectivity index (χ1n) is 7.57. The van der Waals surface area contributed by atoms with Gasteiger partial charge in [-0.1, -0.05) is 41.4 Å². The van der Waals surface area contributed by atoms with Crippen LogP contribution in [0, 0.1) is 0 Å². The van der Waals surface area contributed by atoms with Gasteiger partial charge < -0.3 is 10.6 Å². The van der Waals surface area contributed by atoms with Crippen LogP contribution in [0.1, 0.15) is 35.2 Å². The van der Waals surface area contributed by atoms with Crippen molar-refractivity contribution in [3.05, 3.63) is 63.6 Å². The summed E-state index contributed by atoms with van der Waals surface area (Å²) in [5.41, 5.74) is 7.47. The van der Waals surface area contributed by atoms with Gasteiger partial charge in [-0.05, 0) is 43.2 Å². The molecule has 6 heteroatoms. The molecule has 0 radical (unpaired) electrons. The molecule has 0 saturated carbocycles. The first-order valence-corrected chi connectivity index (χ1v) is 8.32. The lowest BCUT2D eigenvalue weighted by atomic mass is 9.85. The predicted molar refractivity (Wildman–Crippen MR) is 95.7 cm³/mol. The number of carbonyl (C=O) groups is 2. The summed E-state index contributed by atoms with van der Waals surface area (Å²) in [5, 5.41) is 0.726. The van der Waals surface area contributed by atoms with Crippen LogP contribution in [0.15, 0.2) is 42.5 Å². The first-order chi connectivity index (χ1) is 11.4. The van der Waals surface area contributed by atoms with E-state index in [9.17, 15) is 9.59 Å². The number of rotatable bonds is 2. The van der Waals surface area contributed by atoms with E-state index in [-0.39, 0.29) is 17.9 Å². The average Bonchev–Trinajstić information content (AvgIpc) is 2.56. The molecular formula is C18H16Cl2N2O2. The van der Waals surface area contributed by atoms with Gasteiger partial charge in [-0.15, -0.1) is 0 Å². The molecule has 2 aromatic carbocycles. The van der Waals surface area contributed by atoms with Crippen molar-refractivity contribution in [3.63, 3.8) is 0 Å². The number of benzene rings is 2. The minimum Gasteiger partial charge on any atom is -0.369 e. The second-order valence-electron chi connectivity index (χ2n) is 5.90. The number of amides is 2. The third-order valence-electron chi connectivity index (χ3n) is 4.32. The van der Waals surface area contributed by atoms with E-state index >= 15 is 0 Å². The van der Waals surface area contributed by atoms with Crippen LogP contribution in [0.4, 0.5) is 5.69 Å². The van der Waals surface area contributed by atoms with Gasteiger partial charge in [-0.3, -0.25) is 9.59 Å². The summed E-state index contributed by atoms with van der Waals surface area (Å²) in [6, 6.07) is 12.0. The van der Waals surface area contributed by atoms with E-state index in [2.05, 4.69) is 0 Å². The lowest BCUT2D eigenvalue weighted by molar-refractivity contribution is -0.119. The van der Waals surface area contributed by atoms with Crippen LogP contribution in [-0.4, -0.2) is 17.9 Å². The molecule has 24 heavy (non-hydrogen) atoms. The lowest BCUT2D eigenvalue weighted by Crippen LogP contribution is -2.45. The zero-order chi connectivity index (χ0) is 17.4. The molecule has 0 saturated heterocycles. The maximum atomic E-state index is 13.0. The van der Waals surface area contributed by atoms with Crippen LogP contribution in [0.3, 0.4) is 0 Å². The Morgan fingerprint density at radius 2 is 1.83 bits per heavy atom. The van der Waals surface area contributed by atoms with Crippen molar-refractivity contribution in [3.8, 4) is 0 Å². The fraction of sp³-hybridized carbons (Fsp3) is 0.222. The van der Waals surface area contributed by atoms with Gasteiger partial charge in [-0.2, -0.15) is 0 Å². The third kappa shape index (κ3) is 2.87. The predicted octanol–water partition coefficient (Wildman–Crippen LogP) is 4.00. The Bertz CT molecular complexity index is 822. The molecule has 3 rings (SSSR count). The number of para-hydroxylation sites is 1. The smallest absolute Gasteiger partial charge is 0.258 e. The Kier molecular flexibility index (Phi) is 4.52. The Morgan fingerprint density at radius 3 is 2.50 bits per heavy atom. The number of anilines is 1. The monoisotopic (exact) mass is 362 g/mol. The van der Waals surface area contributed by atoms with Crippen molar-refractivity contribution in [2.24, 2.45) is 5.73 Å². The first kappa shape index (κ1) is 16.8. The fourth-order valence-corrected chi connectivity index (χ4v) is 3.46. The number of carbonyl (C=O) groups excluding carboxylic acids is 2. The third-order valence-corrected chi connectivity index (χ3v) is 5.06. The molecule has 0 unspecified atom stereocenters. The summed E-state index contributed by atoms with van der Waals surface area (Å²) < 4.78 is 0. The highest BCUT2D eigenvalue weighted by atomic mass is 35.5. The molecule has 0 aliphatic carbocycles. The molecule has 0 spiro atoms. The molecule has 1 aliphatic heterocycles. The van der Waals surface area contributed by atoms with Crippen molar-refractivity contribution < 1.29 is 9.59 Å². The lowest BCUT2D eigenvalue weighted by Gasteiger charge is -2.38. The topological polar surface area (TPSA) is 63.4 Å². The van der Waals surface area contributed by atoms with E-state index in [0.717, 1.165) is 5.56 Å². The van der Waals surface area contributed by atoms with Crippen LogP contribution in [0.2, 0.25) is 10.0 Å². The summed E-state index contributed by atoms with van der Waals surface area (Å²) in [6.45, 7) is 1.90. The largest absolute Gasteiger partial charge is 0.369 e. The van der Waals surface area contributed by atoms with E-state index in [4.69, 9.17) is 28.9 Å². The maximum Gasteiger partial charge on any atom is 0.258 e. The molecule has 2 N–H and O–H groups in total. The van der Waals surface area contributed by atoms with Gasteiger partial charge in [-0.25, -0.2) is 0 Å². The van der Waals surface area contributed by atoms with Crippen LogP contribution in [0.25, 0.3) is 0 Å². The molecule has 1 heterocycles. The van der Waals surface area contributed by atoms with Crippen molar-refractivity contribution in [2.75, 3.05) is 4.90 Å². The SMILES string of the molecule is C[C@H]1C[C@@H](C(N)=O)c2ccccc2N1C(=O)c1ccc(Cl)c(Cl)c1. The Labute approximate surface area is 150 Å². The Hall–Kier alpha value is -2.04. The van der Waals surface area contributed by atoms with Crippen molar-refractivity contribution in [1.29, 1.82) is 0 Å². The molecule has 2 amide bonds. The second-order valence-corrected chi connectivity index (χ2v) is 6.72. The molecule has 2 aromatic rings. The van der Waals surface area contributed by atoms with Gasteiger partial charge >= 0.3 is 0 Å². The summed E-state index contributed by atoms with van der Waals surface area (Å²) in [5.74, 6) is -0.957. The average molecular weight is 363 g/mol. The van der Waals surface area contributed by atoms with E-state index in [1.165, 1.54) is 0 Å². The van der Waals surface area contributed by atoms with E-state index < -0.39 is 5.92 Å². The molecular weight excluding hydrogens is 347 g/mol. The number of hydrogen-bond acceptors (Lipinski definition) is 2. The van der Waals surface area contributed by atoms with E-state index in [1.807, 2.05) is 31.2 Å². The maximum absolute atomic E-state index is 13.0. The molecule has 1 aliphatic rings. The number of halogens is 2. The number of hydrogen-bond donors (Lipinski definition) is 1. The summed E-state index contributed by atoms with van der Waals surface area (Å²) >= 11 is 12.0. The van der Waals surface area contributed by atoms with Crippen molar-refractivity contribution in [1.82, 2.24) is 0 Å². The van der Waals surface area contributed by atoms with Crippen molar-refractivity contribution >= 4 is 40.7 Å².